The number of rotatable bonds is 3. The fourth-order valence-electron chi connectivity index (χ4n) is 4.50. The van der Waals surface area contributed by atoms with Crippen LogP contribution in [0.15, 0.2) is 30.3 Å². The Bertz CT molecular complexity index is 719. The minimum absolute atomic E-state index is 0.0107. The summed E-state index contributed by atoms with van der Waals surface area (Å²) in [6.07, 6.45) is 3.85. The van der Waals surface area contributed by atoms with Crippen LogP contribution in [0.5, 0.6) is 0 Å². The van der Waals surface area contributed by atoms with E-state index in [9.17, 15) is 14.4 Å². The SMILES string of the molecule is CC(C)CC(=O)N1CCCN(C(=O)c2ccccc2)[C@H]2CCC[C@H]2C(=O)NCC1. The summed E-state index contributed by atoms with van der Waals surface area (Å²) in [7, 11) is 0. The molecule has 2 fully saturated rings. The molecule has 1 saturated carbocycles. The lowest BCUT2D eigenvalue weighted by atomic mass is 9.99. The molecule has 1 heterocycles. The molecule has 6 nitrogen and oxygen atoms in total. The van der Waals surface area contributed by atoms with Crippen molar-refractivity contribution in [3.63, 3.8) is 0 Å². The van der Waals surface area contributed by atoms with E-state index in [1.54, 1.807) is 0 Å². The molecule has 0 unspecified atom stereocenters. The number of benzene rings is 1. The second kappa shape index (κ2) is 9.90. The summed E-state index contributed by atoms with van der Waals surface area (Å²) in [5, 5.41) is 3.02. The first-order valence-corrected chi connectivity index (χ1v) is 10.9. The number of carbonyl (C=O) groups excluding carboxylic acids is 3. The first kappa shape index (κ1) is 21.3. The van der Waals surface area contributed by atoms with E-state index in [2.05, 4.69) is 5.32 Å². The van der Waals surface area contributed by atoms with Crippen molar-refractivity contribution in [3.05, 3.63) is 35.9 Å². The van der Waals surface area contributed by atoms with Gasteiger partial charge in [0.1, 0.15) is 0 Å². The van der Waals surface area contributed by atoms with Gasteiger partial charge in [-0.3, -0.25) is 14.4 Å². The fourth-order valence-corrected chi connectivity index (χ4v) is 4.50. The van der Waals surface area contributed by atoms with Gasteiger partial charge in [0, 0.05) is 44.2 Å². The van der Waals surface area contributed by atoms with Gasteiger partial charge in [0.25, 0.3) is 5.91 Å². The highest BCUT2D eigenvalue weighted by molar-refractivity contribution is 5.95. The van der Waals surface area contributed by atoms with Crippen LogP contribution >= 0.6 is 0 Å². The summed E-state index contributed by atoms with van der Waals surface area (Å²) >= 11 is 0. The molecule has 1 saturated heterocycles. The number of nitrogens with zero attached hydrogens (tertiary/aromatic N) is 2. The fraction of sp³-hybridized carbons (Fsp3) is 0.609. The first-order valence-electron chi connectivity index (χ1n) is 10.9. The van der Waals surface area contributed by atoms with Crippen molar-refractivity contribution in [2.45, 2.75) is 52.0 Å². The van der Waals surface area contributed by atoms with Crippen LogP contribution in [0.3, 0.4) is 0 Å². The molecule has 0 bridgehead atoms. The second-order valence-electron chi connectivity index (χ2n) is 8.59. The highest BCUT2D eigenvalue weighted by Crippen LogP contribution is 2.31. The number of carbonyl (C=O) groups is 3. The zero-order valence-corrected chi connectivity index (χ0v) is 17.6. The molecule has 1 aromatic rings. The zero-order valence-electron chi connectivity index (χ0n) is 17.6. The predicted octanol–water partition coefficient (Wildman–Crippen LogP) is 2.69. The maximum atomic E-state index is 13.3. The van der Waals surface area contributed by atoms with E-state index in [1.165, 1.54) is 0 Å². The van der Waals surface area contributed by atoms with Crippen molar-refractivity contribution in [1.29, 1.82) is 0 Å². The topological polar surface area (TPSA) is 69.7 Å². The molecular weight excluding hydrogens is 366 g/mol. The molecule has 0 radical (unpaired) electrons. The zero-order chi connectivity index (χ0) is 20.8. The number of fused-ring (bicyclic) bond motifs is 1. The van der Waals surface area contributed by atoms with E-state index < -0.39 is 0 Å². The van der Waals surface area contributed by atoms with Gasteiger partial charge in [-0.1, -0.05) is 38.5 Å². The van der Waals surface area contributed by atoms with Gasteiger partial charge in [0.2, 0.25) is 11.8 Å². The second-order valence-corrected chi connectivity index (χ2v) is 8.59. The Balaban J connectivity index is 1.80. The third kappa shape index (κ3) is 5.37. The van der Waals surface area contributed by atoms with Crippen molar-refractivity contribution in [1.82, 2.24) is 15.1 Å². The van der Waals surface area contributed by atoms with Gasteiger partial charge >= 0.3 is 0 Å². The minimum Gasteiger partial charge on any atom is -0.354 e. The Morgan fingerprint density at radius 2 is 1.83 bits per heavy atom. The van der Waals surface area contributed by atoms with Crippen LogP contribution < -0.4 is 5.32 Å². The van der Waals surface area contributed by atoms with Crippen molar-refractivity contribution in [3.8, 4) is 0 Å². The van der Waals surface area contributed by atoms with Crippen LogP contribution in [0.4, 0.5) is 0 Å². The van der Waals surface area contributed by atoms with Crippen LogP contribution in [0.25, 0.3) is 0 Å². The summed E-state index contributed by atoms with van der Waals surface area (Å²) in [5.41, 5.74) is 0.654. The molecule has 2 aliphatic rings. The van der Waals surface area contributed by atoms with E-state index in [-0.39, 0.29) is 29.7 Å². The van der Waals surface area contributed by atoms with Crippen molar-refractivity contribution < 1.29 is 14.4 Å². The van der Waals surface area contributed by atoms with E-state index in [0.29, 0.717) is 44.1 Å². The van der Waals surface area contributed by atoms with E-state index in [1.807, 2.05) is 54.0 Å². The largest absolute Gasteiger partial charge is 0.354 e. The lowest BCUT2D eigenvalue weighted by Gasteiger charge is -2.33. The van der Waals surface area contributed by atoms with E-state index in [0.717, 1.165) is 25.7 Å². The van der Waals surface area contributed by atoms with Gasteiger partial charge in [-0.25, -0.2) is 0 Å². The van der Waals surface area contributed by atoms with E-state index >= 15 is 0 Å². The summed E-state index contributed by atoms with van der Waals surface area (Å²) in [6.45, 7) is 6.24. The maximum absolute atomic E-state index is 13.3. The van der Waals surface area contributed by atoms with Crippen LogP contribution in [-0.2, 0) is 9.59 Å². The molecule has 158 valence electrons. The molecule has 3 rings (SSSR count). The predicted molar refractivity (Wildman–Crippen MR) is 112 cm³/mol. The summed E-state index contributed by atoms with van der Waals surface area (Å²) in [4.78, 5) is 42.4. The smallest absolute Gasteiger partial charge is 0.254 e. The van der Waals surface area contributed by atoms with Crippen LogP contribution in [0.2, 0.25) is 0 Å². The molecular formula is C23H33N3O3. The van der Waals surface area contributed by atoms with Crippen molar-refractivity contribution in [2.75, 3.05) is 26.2 Å². The molecule has 1 aliphatic carbocycles. The van der Waals surface area contributed by atoms with Crippen LogP contribution in [0, 0.1) is 11.8 Å². The Morgan fingerprint density at radius 1 is 1.07 bits per heavy atom. The number of amides is 3. The van der Waals surface area contributed by atoms with Crippen molar-refractivity contribution >= 4 is 17.7 Å². The Hall–Kier alpha value is -2.37. The van der Waals surface area contributed by atoms with Gasteiger partial charge in [-0.2, -0.15) is 0 Å². The highest BCUT2D eigenvalue weighted by Gasteiger charge is 2.39. The van der Waals surface area contributed by atoms with E-state index in [4.69, 9.17) is 0 Å². The van der Waals surface area contributed by atoms with Gasteiger partial charge in [0.05, 0.1) is 5.92 Å². The molecule has 0 aromatic heterocycles. The van der Waals surface area contributed by atoms with Crippen molar-refractivity contribution in [2.24, 2.45) is 11.8 Å². The van der Waals surface area contributed by atoms with Gasteiger partial charge in [0.15, 0.2) is 0 Å². The standard InChI is InChI=1S/C23H33N3O3/c1-17(2)16-21(27)25-13-7-14-26(23(29)18-8-4-3-5-9-18)20-11-6-10-19(20)22(28)24-12-15-25/h3-5,8-9,17,19-20H,6-7,10-16H2,1-2H3,(H,24,28)/t19-,20+/m1/s1. The number of hydrogen-bond acceptors (Lipinski definition) is 3. The first-order chi connectivity index (χ1) is 14.0. The number of nitrogens with one attached hydrogen (secondary N) is 1. The van der Waals surface area contributed by atoms with Gasteiger partial charge in [-0.05, 0) is 37.3 Å². The Labute approximate surface area is 173 Å². The Kier molecular flexibility index (Phi) is 7.29. The quantitative estimate of drug-likeness (QED) is 0.850. The molecule has 1 aromatic carbocycles. The molecule has 1 aliphatic heterocycles. The lowest BCUT2D eigenvalue weighted by Crippen LogP contribution is -2.47. The summed E-state index contributed by atoms with van der Waals surface area (Å²) in [6, 6.07) is 9.22. The average Bonchev–Trinajstić information content (AvgIpc) is 3.17. The molecule has 29 heavy (non-hydrogen) atoms. The monoisotopic (exact) mass is 399 g/mol. The van der Waals surface area contributed by atoms with Crippen LogP contribution in [0.1, 0.15) is 56.3 Å². The molecule has 2 atom stereocenters. The maximum Gasteiger partial charge on any atom is 0.254 e. The molecule has 6 heteroatoms. The average molecular weight is 400 g/mol. The van der Waals surface area contributed by atoms with Crippen LogP contribution in [-0.4, -0.2) is 59.7 Å². The third-order valence-corrected chi connectivity index (χ3v) is 5.94. The normalized spacial score (nSPS) is 23.3. The van der Waals surface area contributed by atoms with Gasteiger partial charge < -0.3 is 15.1 Å². The highest BCUT2D eigenvalue weighted by atomic mass is 16.2. The Morgan fingerprint density at radius 3 is 2.55 bits per heavy atom. The summed E-state index contributed by atoms with van der Waals surface area (Å²) < 4.78 is 0. The third-order valence-electron chi connectivity index (χ3n) is 5.94. The minimum atomic E-state index is -0.166. The van der Waals surface area contributed by atoms with Gasteiger partial charge in [-0.15, -0.1) is 0 Å². The molecule has 3 amide bonds. The molecule has 1 N–H and O–H groups in total. The number of hydrogen-bond donors (Lipinski definition) is 1. The summed E-state index contributed by atoms with van der Waals surface area (Å²) in [5.74, 6) is 0.243. The molecule has 0 spiro atoms. The lowest BCUT2D eigenvalue weighted by molar-refractivity contribution is -0.132.